The molecule has 5 aromatic rings. The van der Waals surface area contributed by atoms with Gasteiger partial charge in [-0.2, -0.15) is 9.61 Å². The van der Waals surface area contributed by atoms with Gasteiger partial charge in [0.15, 0.2) is 5.82 Å². The molecule has 0 unspecified atom stereocenters. The highest BCUT2D eigenvalue weighted by molar-refractivity contribution is 7.16. The number of H-pyrrole nitrogens is 1. The highest BCUT2D eigenvalue weighted by atomic mass is 32.1. The van der Waals surface area contributed by atoms with Crippen LogP contribution in [0.3, 0.4) is 0 Å². The lowest BCUT2D eigenvalue weighted by Gasteiger charge is -2.00. The molecule has 3 heterocycles. The standard InChI is InChI=1S/C18H12FN5S/c1-10-23-24-16(17-20-13-8-7-12(19)9-14(13)21-17)15(22-18(24)25-10)11-5-3-2-4-6-11/h2-9H,1H3,(H,20,21). The quantitative estimate of drug-likeness (QED) is 0.512. The molecule has 0 aliphatic heterocycles. The minimum absolute atomic E-state index is 0.297. The molecule has 0 saturated carbocycles. The highest BCUT2D eigenvalue weighted by Crippen LogP contribution is 2.33. The monoisotopic (exact) mass is 349 g/mol. The summed E-state index contributed by atoms with van der Waals surface area (Å²) in [5, 5.41) is 5.48. The van der Waals surface area contributed by atoms with Gasteiger partial charge in [0, 0.05) is 5.56 Å². The summed E-state index contributed by atoms with van der Waals surface area (Å²) in [7, 11) is 0. The average Bonchev–Trinajstić information content (AvgIpc) is 3.26. The van der Waals surface area contributed by atoms with E-state index in [2.05, 4.69) is 15.1 Å². The van der Waals surface area contributed by atoms with Crippen LogP contribution in [0, 0.1) is 12.7 Å². The molecule has 2 aromatic carbocycles. The van der Waals surface area contributed by atoms with Crippen molar-refractivity contribution in [3.8, 4) is 22.8 Å². The Balaban J connectivity index is 1.83. The number of fused-ring (bicyclic) bond motifs is 2. The number of aryl methyl sites for hydroxylation is 1. The molecule has 0 bridgehead atoms. The van der Waals surface area contributed by atoms with Gasteiger partial charge < -0.3 is 4.98 Å². The maximum Gasteiger partial charge on any atom is 0.213 e. The van der Waals surface area contributed by atoms with Gasteiger partial charge in [-0.3, -0.25) is 0 Å². The molecule has 25 heavy (non-hydrogen) atoms. The molecule has 0 saturated heterocycles. The van der Waals surface area contributed by atoms with Gasteiger partial charge in [-0.15, -0.1) is 0 Å². The van der Waals surface area contributed by atoms with Crippen LogP contribution >= 0.6 is 11.3 Å². The van der Waals surface area contributed by atoms with Crippen LogP contribution in [0.4, 0.5) is 4.39 Å². The third kappa shape index (κ3) is 2.24. The molecule has 5 nitrogen and oxygen atoms in total. The normalized spacial score (nSPS) is 11.6. The Hall–Kier alpha value is -3.06. The van der Waals surface area contributed by atoms with Crippen molar-refractivity contribution in [2.45, 2.75) is 6.92 Å². The van der Waals surface area contributed by atoms with Gasteiger partial charge in [0.05, 0.1) is 11.0 Å². The third-order valence-electron chi connectivity index (χ3n) is 4.02. The fraction of sp³-hybridized carbons (Fsp3) is 0.0556. The van der Waals surface area contributed by atoms with E-state index in [4.69, 9.17) is 4.98 Å². The number of benzene rings is 2. The summed E-state index contributed by atoms with van der Waals surface area (Å²) in [5.74, 6) is 0.325. The van der Waals surface area contributed by atoms with Crippen LogP contribution in [0.25, 0.3) is 38.8 Å². The number of halogens is 1. The lowest BCUT2D eigenvalue weighted by atomic mass is 10.1. The number of hydrogen-bond donors (Lipinski definition) is 1. The largest absolute Gasteiger partial charge is 0.336 e. The molecular formula is C18H12FN5S. The molecule has 0 radical (unpaired) electrons. The second kappa shape index (κ2) is 5.22. The van der Waals surface area contributed by atoms with Crippen LogP contribution in [0.5, 0.6) is 0 Å². The molecule has 0 aliphatic rings. The minimum atomic E-state index is -0.297. The highest BCUT2D eigenvalue weighted by Gasteiger charge is 2.21. The summed E-state index contributed by atoms with van der Waals surface area (Å²) >= 11 is 1.52. The van der Waals surface area contributed by atoms with Crippen LogP contribution in [0.15, 0.2) is 48.5 Å². The molecule has 5 rings (SSSR count). The van der Waals surface area contributed by atoms with Crippen molar-refractivity contribution >= 4 is 27.3 Å². The summed E-state index contributed by atoms with van der Waals surface area (Å²) in [5.41, 5.74) is 3.92. The van der Waals surface area contributed by atoms with Crippen LogP contribution in [-0.2, 0) is 0 Å². The number of hydrogen-bond acceptors (Lipinski definition) is 4. The summed E-state index contributed by atoms with van der Waals surface area (Å²) in [6.45, 7) is 1.94. The smallest absolute Gasteiger partial charge is 0.213 e. The van der Waals surface area contributed by atoms with Gasteiger partial charge in [-0.25, -0.2) is 14.4 Å². The van der Waals surface area contributed by atoms with Crippen LogP contribution in [0.2, 0.25) is 0 Å². The van der Waals surface area contributed by atoms with Crippen molar-refractivity contribution in [1.82, 2.24) is 24.6 Å². The molecule has 0 spiro atoms. The number of nitrogens with one attached hydrogen (secondary N) is 1. The average molecular weight is 349 g/mol. The Kier molecular flexibility index (Phi) is 2.98. The Morgan fingerprint density at radius 1 is 1.08 bits per heavy atom. The van der Waals surface area contributed by atoms with Gasteiger partial charge in [0.1, 0.15) is 22.2 Å². The predicted octanol–water partition coefficient (Wildman–Crippen LogP) is 4.45. The van der Waals surface area contributed by atoms with E-state index >= 15 is 0 Å². The number of imidazole rings is 2. The van der Waals surface area contributed by atoms with Crippen molar-refractivity contribution in [3.05, 3.63) is 59.4 Å². The number of aromatic nitrogens is 5. The number of nitrogens with zero attached hydrogens (tertiary/aromatic N) is 4. The number of rotatable bonds is 2. The zero-order valence-corrected chi connectivity index (χ0v) is 14.0. The first-order valence-corrected chi connectivity index (χ1v) is 8.58. The molecule has 1 N–H and O–H groups in total. The first kappa shape index (κ1) is 14.3. The molecule has 0 aliphatic carbocycles. The van der Waals surface area contributed by atoms with Crippen LogP contribution in [0.1, 0.15) is 5.01 Å². The molecule has 0 amide bonds. The van der Waals surface area contributed by atoms with Gasteiger partial charge in [-0.05, 0) is 25.1 Å². The van der Waals surface area contributed by atoms with E-state index < -0.39 is 0 Å². The third-order valence-corrected chi connectivity index (χ3v) is 4.84. The molecule has 122 valence electrons. The molecule has 7 heteroatoms. The summed E-state index contributed by atoms with van der Waals surface area (Å²) in [6.07, 6.45) is 0. The van der Waals surface area contributed by atoms with E-state index in [1.165, 1.54) is 23.5 Å². The fourth-order valence-corrected chi connectivity index (χ4v) is 3.69. The van der Waals surface area contributed by atoms with Crippen LogP contribution < -0.4 is 0 Å². The first-order chi connectivity index (χ1) is 12.2. The van der Waals surface area contributed by atoms with Crippen molar-refractivity contribution in [1.29, 1.82) is 0 Å². The van der Waals surface area contributed by atoms with Crippen molar-refractivity contribution in [2.24, 2.45) is 0 Å². The van der Waals surface area contributed by atoms with E-state index in [-0.39, 0.29) is 5.82 Å². The summed E-state index contributed by atoms with van der Waals surface area (Å²) in [6, 6.07) is 14.4. The molecule has 3 aromatic heterocycles. The maximum absolute atomic E-state index is 13.5. The van der Waals surface area contributed by atoms with Gasteiger partial charge in [0.25, 0.3) is 0 Å². The zero-order valence-electron chi connectivity index (χ0n) is 13.2. The molecule has 0 fully saturated rings. The Morgan fingerprint density at radius 3 is 2.76 bits per heavy atom. The van der Waals surface area contributed by atoms with Gasteiger partial charge in [-0.1, -0.05) is 41.7 Å². The number of aromatic amines is 1. The Bertz CT molecular complexity index is 1220. The minimum Gasteiger partial charge on any atom is -0.336 e. The first-order valence-electron chi connectivity index (χ1n) is 7.76. The van der Waals surface area contributed by atoms with E-state index in [0.29, 0.717) is 16.9 Å². The zero-order chi connectivity index (χ0) is 17.0. The Morgan fingerprint density at radius 2 is 1.92 bits per heavy atom. The van der Waals surface area contributed by atoms with Crippen molar-refractivity contribution in [2.75, 3.05) is 0 Å². The fourth-order valence-electron chi connectivity index (χ4n) is 2.95. The SMILES string of the molecule is Cc1nn2c(-c3nc4ccc(F)cc4[nH]3)c(-c3ccccc3)nc2s1. The topological polar surface area (TPSA) is 58.9 Å². The van der Waals surface area contributed by atoms with E-state index in [0.717, 1.165) is 26.9 Å². The lowest BCUT2D eigenvalue weighted by molar-refractivity contribution is 0.629. The second-order valence-corrected chi connectivity index (χ2v) is 6.90. The maximum atomic E-state index is 13.5. The lowest BCUT2D eigenvalue weighted by Crippen LogP contribution is -1.93. The van der Waals surface area contributed by atoms with Crippen molar-refractivity contribution in [3.63, 3.8) is 0 Å². The second-order valence-electron chi connectivity index (χ2n) is 5.74. The van der Waals surface area contributed by atoms with Gasteiger partial charge >= 0.3 is 0 Å². The molecular weight excluding hydrogens is 337 g/mol. The van der Waals surface area contributed by atoms with E-state index in [9.17, 15) is 4.39 Å². The van der Waals surface area contributed by atoms with Gasteiger partial charge in [0.2, 0.25) is 4.96 Å². The van der Waals surface area contributed by atoms with Crippen LogP contribution in [-0.4, -0.2) is 24.6 Å². The van der Waals surface area contributed by atoms with Crippen molar-refractivity contribution < 1.29 is 4.39 Å². The Labute approximate surface area is 145 Å². The summed E-state index contributed by atoms with van der Waals surface area (Å²) in [4.78, 5) is 13.4. The van der Waals surface area contributed by atoms with E-state index in [1.807, 2.05) is 37.3 Å². The predicted molar refractivity (Wildman–Crippen MR) is 96.1 cm³/mol. The molecule has 0 atom stereocenters. The van der Waals surface area contributed by atoms with E-state index in [1.54, 1.807) is 10.6 Å². The summed E-state index contributed by atoms with van der Waals surface area (Å²) < 4.78 is 15.3.